The molecule has 4 nitrogen and oxygen atoms in total. The first kappa shape index (κ1) is 23.7. The average Bonchev–Trinajstić information content (AvgIpc) is 3.04. The standard InChI is InChI=1S/C24H36O3.C2H6O/c1-4-18(26)12-16-5-6-20-22-15(14-25)11-17-13-19(27)7-9-24(17,3)21(22)8-10-23(16,20)2;1-2-3/h8,15-17,20,22,25H,4-7,9-14H2,1-3H3;3H,2H2,1H3. The molecule has 170 valence electrons. The van der Waals surface area contributed by atoms with E-state index in [0.717, 1.165) is 38.5 Å². The molecule has 0 aromatic heterocycles. The van der Waals surface area contributed by atoms with E-state index in [2.05, 4.69) is 19.9 Å². The van der Waals surface area contributed by atoms with Crippen LogP contribution in [0.1, 0.15) is 85.5 Å². The van der Waals surface area contributed by atoms with Gasteiger partial charge in [0.05, 0.1) is 0 Å². The van der Waals surface area contributed by atoms with Gasteiger partial charge < -0.3 is 10.2 Å². The summed E-state index contributed by atoms with van der Waals surface area (Å²) in [6, 6.07) is 0. The fourth-order valence-corrected chi connectivity index (χ4v) is 7.51. The Morgan fingerprint density at radius 2 is 1.90 bits per heavy atom. The molecule has 0 bridgehead atoms. The molecule has 0 spiro atoms. The number of rotatable bonds is 4. The van der Waals surface area contributed by atoms with Crippen LogP contribution in [0.2, 0.25) is 0 Å². The second kappa shape index (κ2) is 9.24. The summed E-state index contributed by atoms with van der Waals surface area (Å²) in [6.07, 6.45) is 10.7. The zero-order valence-corrected chi connectivity index (χ0v) is 19.5. The van der Waals surface area contributed by atoms with E-state index in [4.69, 9.17) is 5.11 Å². The van der Waals surface area contributed by atoms with Crippen molar-refractivity contribution in [2.75, 3.05) is 13.2 Å². The van der Waals surface area contributed by atoms with Gasteiger partial charge in [-0.15, -0.1) is 0 Å². The van der Waals surface area contributed by atoms with Crippen molar-refractivity contribution in [1.29, 1.82) is 0 Å². The highest BCUT2D eigenvalue weighted by Crippen LogP contribution is 2.66. The summed E-state index contributed by atoms with van der Waals surface area (Å²) in [5.41, 5.74) is 1.90. The van der Waals surface area contributed by atoms with E-state index in [9.17, 15) is 14.7 Å². The van der Waals surface area contributed by atoms with Gasteiger partial charge in [-0.25, -0.2) is 0 Å². The predicted molar refractivity (Wildman–Crippen MR) is 119 cm³/mol. The SMILES string of the molecule is CCC(=O)CC1CCC2C3C(=CCC12C)C1(C)CCC(=O)CC1CC3CO.CCO. The summed E-state index contributed by atoms with van der Waals surface area (Å²) in [5, 5.41) is 17.8. The maximum atomic E-state index is 12.2. The maximum Gasteiger partial charge on any atom is 0.133 e. The van der Waals surface area contributed by atoms with Gasteiger partial charge in [-0.2, -0.15) is 0 Å². The third kappa shape index (κ3) is 3.95. The van der Waals surface area contributed by atoms with Crippen molar-refractivity contribution in [2.45, 2.75) is 85.5 Å². The Morgan fingerprint density at radius 3 is 2.53 bits per heavy atom. The Labute approximate surface area is 182 Å². The normalized spacial score (nSPS) is 42.3. The number of carbonyl (C=O) groups excluding carboxylic acids is 2. The number of hydrogen-bond donors (Lipinski definition) is 2. The van der Waals surface area contributed by atoms with Crippen molar-refractivity contribution >= 4 is 11.6 Å². The van der Waals surface area contributed by atoms with E-state index in [1.54, 1.807) is 12.5 Å². The zero-order valence-electron chi connectivity index (χ0n) is 19.5. The van der Waals surface area contributed by atoms with E-state index >= 15 is 0 Å². The average molecular weight is 419 g/mol. The molecule has 4 heteroatoms. The van der Waals surface area contributed by atoms with Gasteiger partial charge in [0, 0.05) is 38.9 Å². The summed E-state index contributed by atoms with van der Waals surface area (Å²) in [7, 11) is 0. The first-order valence-electron chi connectivity index (χ1n) is 12.2. The lowest BCUT2D eigenvalue weighted by Crippen LogP contribution is -2.52. The molecular formula is C26H42O4. The lowest BCUT2D eigenvalue weighted by molar-refractivity contribution is -0.126. The molecule has 0 aromatic carbocycles. The second-order valence-corrected chi connectivity index (χ2v) is 10.7. The van der Waals surface area contributed by atoms with Gasteiger partial charge in [-0.05, 0) is 79.4 Å². The Kier molecular flexibility index (Phi) is 7.29. The van der Waals surface area contributed by atoms with Crippen LogP contribution in [0.5, 0.6) is 0 Å². The van der Waals surface area contributed by atoms with Gasteiger partial charge >= 0.3 is 0 Å². The smallest absolute Gasteiger partial charge is 0.133 e. The van der Waals surface area contributed by atoms with Crippen molar-refractivity contribution in [3.63, 3.8) is 0 Å². The third-order valence-corrected chi connectivity index (χ3v) is 9.32. The van der Waals surface area contributed by atoms with Gasteiger partial charge in [-0.1, -0.05) is 32.4 Å². The summed E-state index contributed by atoms with van der Waals surface area (Å²) in [6.45, 7) is 8.95. The molecule has 4 aliphatic rings. The molecule has 0 amide bonds. The van der Waals surface area contributed by atoms with Crippen LogP contribution in [0, 0.1) is 40.4 Å². The summed E-state index contributed by atoms with van der Waals surface area (Å²) in [4.78, 5) is 24.3. The number of ketones is 2. The fourth-order valence-electron chi connectivity index (χ4n) is 7.51. The highest BCUT2D eigenvalue weighted by atomic mass is 16.3. The molecule has 0 aliphatic heterocycles. The van der Waals surface area contributed by atoms with E-state index in [1.165, 1.54) is 6.42 Å². The molecule has 4 rings (SSSR count). The summed E-state index contributed by atoms with van der Waals surface area (Å²) < 4.78 is 0. The highest BCUT2D eigenvalue weighted by molar-refractivity contribution is 5.80. The van der Waals surface area contributed by atoms with Crippen LogP contribution >= 0.6 is 0 Å². The summed E-state index contributed by atoms with van der Waals surface area (Å²) in [5.74, 6) is 3.02. The van der Waals surface area contributed by atoms with Gasteiger partial charge in [0.1, 0.15) is 11.6 Å². The maximum absolute atomic E-state index is 12.2. The molecule has 3 saturated carbocycles. The van der Waals surface area contributed by atoms with E-state index in [-0.39, 0.29) is 30.0 Å². The van der Waals surface area contributed by atoms with E-state index in [1.807, 2.05) is 6.92 Å². The van der Waals surface area contributed by atoms with Crippen molar-refractivity contribution in [3.8, 4) is 0 Å². The predicted octanol–water partition coefficient (Wildman–Crippen LogP) is 4.72. The highest BCUT2D eigenvalue weighted by Gasteiger charge is 2.59. The van der Waals surface area contributed by atoms with Crippen LogP contribution in [-0.2, 0) is 9.59 Å². The minimum absolute atomic E-state index is 0.142. The fraction of sp³-hybridized carbons (Fsp3) is 0.846. The van der Waals surface area contributed by atoms with Gasteiger partial charge in [0.15, 0.2) is 0 Å². The number of fused-ring (bicyclic) bond motifs is 5. The van der Waals surface area contributed by atoms with Crippen LogP contribution in [-0.4, -0.2) is 35.0 Å². The summed E-state index contributed by atoms with van der Waals surface area (Å²) >= 11 is 0. The number of aliphatic hydroxyl groups is 2. The van der Waals surface area contributed by atoms with Crippen molar-refractivity contribution < 1.29 is 19.8 Å². The van der Waals surface area contributed by atoms with Gasteiger partial charge in [0.2, 0.25) is 0 Å². The largest absolute Gasteiger partial charge is 0.397 e. The minimum Gasteiger partial charge on any atom is -0.397 e. The van der Waals surface area contributed by atoms with Crippen LogP contribution in [0.4, 0.5) is 0 Å². The molecule has 4 aliphatic carbocycles. The van der Waals surface area contributed by atoms with E-state index < -0.39 is 0 Å². The first-order valence-corrected chi connectivity index (χ1v) is 12.2. The van der Waals surface area contributed by atoms with Crippen molar-refractivity contribution in [2.24, 2.45) is 40.4 Å². The topological polar surface area (TPSA) is 74.6 Å². The molecular weight excluding hydrogens is 376 g/mol. The van der Waals surface area contributed by atoms with Crippen LogP contribution in [0.3, 0.4) is 0 Å². The number of carbonyl (C=O) groups is 2. The van der Waals surface area contributed by atoms with Crippen LogP contribution in [0.15, 0.2) is 11.6 Å². The number of Topliss-reactive ketones (excluding diaryl/α,β-unsaturated/α-hetero) is 2. The number of allylic oxidation sites excluding steroid dienone is 2. The minimum atomic E-state index is 0.142. The molecule has 0 aromatic rings. The third-order valence-electron chi connectivity index (χ3n) is 9.32. The molecule has 0 radical (unpaired) electrons. The molecule has 0 saturated heterocycles. The van der Waals surface area contributed by atoms with Crippen LogP contribution in [0.25, 0.3) is 0 Å². The zero-order chi connectivity index (χ0) is 22.1. The molecule has 2 N–H and O–H groups in total. The monoisotopic (exact) mass is 418 g/mol. The Morgan fingerprint density at radius 1 is 1.20 bits per heavy atom. The molecule has 30 heavy (non-hydrogen) atoms. The first-order chi connectivity index (χ1) is 14.2. The Balaban J connectivity index is 0.000000806. The van der Waals surface area contributed by atoms with Gasteiger partial charge in [-0.3, -0.25) is 9.59 Å². The quantitative estimate of drug-likeness (QED) is 0.648. The lowest BCUT2D eigenvalue weighted by atomic mass is 9.46. The van der Waals surface area contributed by atoms with Crippen LogP contribution < -0.4 is 0 Å². The number of aliphatic hydroxyl groups excluding tert-OH is 2. The lowest BCUT2D eigenvalue weighted by Gasteiger charge is -2.58. The second-order valence-electron chi connectivity index (χ2n) is 10.7. The number of hydrogen-bond acceptors (Lipinski definition) is 4. The molecule has 7 atom stereocenters. The van der Waals surface area contributed by atoms with Crippen molar-refractivity contribution in [1.82, 2.24) is 0 Å². The molecule has 7 unspecified atom stereocenters. The van der Waals surface area contributed by atoms with Gasteiger partial charge in [0.25, 0.3) is 0 Å². The Hall–Kier alpha value is -1.00. The molecule has 0 heterocycles. The van der Waals surface area contributed by atoms with E-state index in [0.29, 0.717) is 48.1 Å². The Bertz CT molecular complexity index is 683. The molecule has 3 fully saturated rings. The van der Waals surface area contributed by atoms with Crippen molar-refractivity contribution in [3.05, 3.63) is 11.6 Å².